The third-order valence-corrected chi connectivity index (χ3v) is 4.77. The number of hydrogen-bond acceptors (Lipinski definition) is 4. The maximum atomic E-state index is 13.2. The largest absolute Gasteiger partial charge is 0.497 e. The molecule has 1 aliphatic heterocycles. The van der Waals surface area contributed by atoms with Gasteiger partial charge in [-0.2, -0.15) is 0 Å². The predicted molar refractivity (Wildman–Crippen MR) is 112 cm³/mol. The van der Waals surface area contributed by atoms with Crippen LogP contribution in [-0.2, 0) is 16.1 Å². The van der Waals surface area contributed by atoms with Gasteiger partial charge in [-0.15, -0.1) is 0 Å². The first-order chi connectivity index (χ1) is 14.2. The van der Waals surface area contributed by atoms with Crippen LogP contribution in [0, 0.1) is 0 Å². The second-order valence-electron chi connectivity index (χ2n) is 6.65. The molecule has 0 unspecified atom stereocenters. The highest BCUT2D eigenvalue weighted by Gasteiger charge is 2.39. The van der Waals surface area contributed by atoms with Crippen LogP contribution in [0.3, 0.4) is 0 Å². The van der Waals surface area contributed by atoms with E-state index in [1.165, 1.54) is 4.90 Å². The predicted octanol–water partition coefficient (Wildman–Crippen LogP) is 4.09. The lowest BCUT2D eigenvalue weighted by molar-refractivity contribution is -0.137. The van der Waals surface area contributed by atoms with Gasteiger partial charge < -0.3 is 10.1 Å². The molecule has 0 aromatic heterocycles. The molecule has 1 N–H and O–H groups in total. The average molecular weight is 384 g/mol. The number of nitrogens with zero attached hydrogens (tertiary/aromatic N) is 1. The molecule has 4 rings (SSSR count). The van der Waals surface area contributed by atoms with Crippen molar-refractivity contribution in [1.29, 1.82) is 0 Å². The molecule has 3 aromatic rings. The van der Waals surface area contributed by atoms with Crippen molar-refractivity contribution in [2.45, 2.75) is 6.54 Å². The van der Waals surface area contributed by atoms with Gasteiger partial charge in [0, 0.05) is 5.69 Å². The Bertz CT molecular complexity index is 1060. The number of methoxy groups -OCH3 is 1. The molecule has 3 aromatic carbocycles. The zero-order valence-electron chi connectivity index (χ0n) is 16.0. The number of hydrogen-bond donors (Lipinski definition) is 1. The Kier molecular flexibility index (Phi) is 5.12. The van der Waals surface area contributed by atoms with E-state index in [1.54, 1.807) is 19.2 Å². The average Bonchev–Trinajstić information content (AvgIpc) is 3.00. The minimum atomic E-state index is -0.339. The van der Waals surface area contributed by atoms with Crippen LogP contribution in [0.2, 0.25) is 0 Å². The van der Waals surface area contributed by atoms with Crippen molar-refractivity contribution in [2.24, 2.45) is 0 Å². The molecular formula is C24H20N2O3. The van der Waals surface area contributed by atoms with Crippen molar-refractivity contribution in [3.05, 3.63) is 102 Å². The van der Waals surface area contributed by atoms with E-state index >= 15 is 0 Å². The van der Waals surface area contributed by atoms with Gasteiger partial charge in [0.15, 0.2) is 0 Å². The molecule has 0 fully saturated rings. The SMILES string of the molecule is COc1ccc(NC2=C(c3ccccc3)C(=O)N(Cc3ccccc3)C2=O)cc1. The first kappa shape index (κ1) is 18.5. The second-order valence-corrected chi connectivity index (χ2v) is 6.65. The summed E-state index contributed by atoms with van der Waals surface area (Å²) in [6.45, 7) is 0.225. The molecule has 2 amide bonds. The molecule has 0 saturated carbocycles. The van der Waals surface area contributed by atoms with Crippen LogP contribution in [0.25, 0.3) is 5.57 Å². The molecule has 0 aliphatic carbocycles. The summed E-state index contributed by atoms with van der Waals surface area (Å²) in [5.41, 5.74) is 2.96. The van der Waals surface area contributed by atoms with E-state index in [0.29, 0.717) is 22.6 Å². The molecule has 0 bridgehead atoms. The molecule has 29 heavy (non-hydrogen) atoms. The smallest absolute Gasteiger partial charge is 0.278 e. The minimum absolute atomic E-state index is 0.225. The highest BCUT2D eigenvalue weighted by Crippen LogP contribution is 2.31. The number of carbonyl (C=O) groups is 2. The summed E-state index contributed by atoms with van der Waals surface area (Å²) in [5, 5.41) is 3.15. The molecular weight excluding hydrogens is 364 g/mol. The van der Waals surface area contributed by atoms with Crippen molar-refractivity contribution < 1.29 is 14.3 Å². The van der Waals surface area contributed by atoms with E-state index in [-0.39, 0.29) is 24.1 Å². The summed E-state index contributed by atoms with van der Waals surface area (Å²) in [7, 11) is 1.60. The summed E-state index contributed by atoms with van der Waals surface area (Å²) >= 11 is 0. The van der Waals surface area contributed by atoms with Crippen molar-refractivity contribution in [3.8, 4) is 5.75 Å². The molecule has 1 heterocycles. The molecule has 0 atom stereocenters. The topological polar surface area (TPSA) is 58.6 Å². The van der Waals surface area contributed by atoms with E-state index in [2.05, 4.69) is 5.32 Å². The molecule has 1 aliphatic rings. The van der Waals surface area contributed by atoms with Gasteiger partial charge in [-0.3, -0.25) is 14.5 Å². The summed E-state index contributed by atoms with van der Waals surface area (Å²) in [4.78, 5) is 27.7. The third-order valence-electron chi connectivity index (χ3n) is 4.77. The van der Waals surface area contributed by atoms with E-state index in [0.717, 1.165) is 5.56 Å². The van der Waals surface area contributed by atoms with Gasteiger partial charge in [0.05, 0.1) is 19.2 Å². The maximum absolute atomic E-state index is 13.2. The quantitative estimate of drug-likeness (QED) is 0.651. The lowest BCUT2D eigenvalue weighted by atomic mass is 10.0. The Hall–Kier alpha value is -3.86. The molecule has 0 spiro atoms. The lowest BCUT2D eigenvalue weighted by Gasteiger charge is -2.15. The fourth-order valence-electron chi connectivity index (χ4n) is 3.29. The minimum Gasteiger partial charge on any atom is -0.497 e. The molecule has 5 heteroatoms. The normalized spacial score (nSPS) is 13.8. The van der Waals surface area contributed by atoms with Crippen molar-refractivity contribution in [1.82, 2.24) is 4.90 Å². The highest BCUT2D eigenvalue weighted by atomic mass is 16.5. The lowest BCUT2D eigenvalue weighted by Crippen LogP contribution is -2.31. The zero-order valence-corrected chi connectivity index (χ0v) is 16.0. The third kappa shape index (κ3) is 3.75. The number of carbonyl (C=O) groups excluding carboxylic acids is 2. The molecule has 5 nitrogen and oxygen atoms in total. The van der Waals surface area contributed by atoms with Crippen LogP contribution in [0.1, 0.15) is 11.1 Å². The maximum Gasteiger partial charge on any atom is 0.278 e. The van der Waals surface area contributed by atoms with Crippen LogP contribution in [0.15, 0.2) is 90.6 Å². The number of amides is 2. The molecule has 0 saturated heterocycles. The van der Waals surface area contributed by atoms with E-state index in [1.807, 2.05) is 72.8 Å². The number of rotatable bonds is 6. The zero-order chi connectivity index (χ0) is 20.2. The molecule has 0 radical (unpaired) electrons. The van der Waals surface area contributed by atoms with Gasteiger partial charge in [-0.1, -0.05) is 60.7 Å². The van der Waals surface area contributed by atoms with Gasteiger partial charge in [0.2, 0.25) is 0 Å². The Balaban J connectivity index is 1.71. The van der Waals surface area contributed by atoms with Crippen LogP contribution in [0.5, 0.6) is 5.75 Å². The second kappa shape index (κ2) is 8.02. The van der Waals surface area contributed by atoms with Crippen molar-refractivity contribution >= 4 is 23.1 Å². The van der Waals surface area contributed by atoms with Gasteiger partial charge in [-0.25, -0.2) is 0 Å². The highest BCUT2D eigenvalue weighted by molar-refractivity contribution is 6.36. The fourth-order valence-corrected chi connectivity index (χ4v) is 3.29. The van der Waals surface area contributed by atoms with E-state index in [4.69, 9.17) is 4.74 Å². The van der Waals surface area contributed by atoms with Crippen LogP contribution < -0.4 is 10.1 Å². The number of benzene rings is 3. The Labute approximate surface area is 169 Å². The number of anilines is 1. The van der Waals surface area contributed by atoms with Crippen molar-refractivity contribution in [2.75, 3.05) is 12.4 Å². The van der Waals surface area contributed by atoms with E-state index < -0.39 is 0 Å². The standard InChI is InChI=1S/C24H20N2O3/c1-29-20-14-12-19(13-15-20)25-22-21(18-10-6-3-7-11-18)23(27)26(24(22)28)16-17-8-4-2-5-9-17/h2-15,25H,16H2,1H3. The fraction of sp³-hybridized carbons (Fsp3) is 0.0833. The summed E-state index contributed by atoms with van der Waals surface area (Å²) in [6.07, 6.45) is 0. The Morgan fingerprint density at radius 3 is 2.03 bits per heavy atom. The first-order valence-corrected chi connectivity index (χ1v) is 9.28. The number of ether oxygens (including phenoxy) is 1. The van der Waals surface area contributed by atoms with Crippen LogP contribution >= 0.6 is 0 Å². The van der Waals surface area contributed by atoms with Gasteiger partial charge >= 0.3 is 0 Å². The Morgan fingerprint density at radius 2 is 1.41 bits per heavy atom. The van der Waals surface area contributed by atoms with Gasteiger partial charge in [0.25, 0.3) is 11.8 Å². The summed E-state index contributed by atoms with van der Waals surface area (Å²) in [6, 6.07) is 26.0. The van der Waals surface area contributed by atoms with Crippen LogP contribution in [0.4, 0.5) is 5.69 Å². The summed E-state index contributed by atoms with van der Waals surface area (Å²) < 4.78 is 5.18. The van der Waals surface area contributed by atoms with Gasteiger partial charge in [0.1, 0.15) is 11.4 Å². The monoisotopic (exact) mass is 384 g/mol. The van der Waals surface area contributed by atoms with Crippen molar-refractivity contribution in [3.63, 3.8) is 0 Å². The number of imide groups is 1. The van der Waals surface area contributed by atoms with Crippen LogP contribution in [-0.4, -0.2) is 23.8 Å². The first-order valence-electron chi connectivity index (χ1n) is 9.28. The van der Waals surface area contributed by atoms with Gasteiger partial charge in [-0.05, 0) is 35.4 Å². The van der Waals surface area contributed by atoms with E-state index in [9.17, 15) is 9.59 Å². The number of nitrogens with one attached hydrogen (secondary N) is 1. The Morgan fingerprint density at radius 1 is 0.793 bits per heavy atom. The summed E-state index contributed by atoms with van der Waals surface area (Å²) in [5.74, 6) is 0.0712. The molecule has 144 valence electrons.